The monoisotopic (exact) mass is 337 g/mol. The summed E-state index contributed by atoms with van der Waals surface area (Å²) < 4.78 is 11.7. The molecule has 2 aliphatic heterocycles. The van der Waals surface area contributed by atoms with Gasteiger partial charge in [0.05, 0.1) is 13.5 Å². The van der Waals surface area contributed by atoms with Crippen LogP contribution in [0.5, 0.6) is 11.5 Å². The zero-order chi connectivity index (χ0) is 17.3. The molecule has 130 valence electrons. The minimum Gasteiger partial charge on any atom is -0.496 e. The number of hydrogen-bond acceptors (Lipinski definition) is 4. The highest BCUT2D eigenvalue weighted by molar-refractivity contribution is 6.02. The molecule has 0 aromatic heterocycles. The summed E-state index contributed by atoms with van der Waals surface area (Å²) in [6.07, 6.45) is 2.20. The first-order valence-electron chi connectivity index (χ1n) is 8.85. The Hall–Kier alpha value is -2.33. The third-order valence-electron chi connectivity index (χ3n) is 5.31. The second kappa shape index (κ2) is 6.52. The summed E-state index contributed by atoms with van der Waals surface area (Å²) in [6, 6.07) is 16.1. The van der Waals surface area contributed by atoms with Gasteiger partial charge in [0.25, 0.3) is 0 Å². The molecule has 2 heterocycles. The van der Waals surface area contributed by atoms with Crippen LogP contribution >= 0.6 is 0 Å². The molecule has 0 saturated carbocycles. The smallest absolute Gasteiger partial charge is 0.174 e. The predicted octanol–water partition coefficient (Wildman–Crippen LogP) is 3.70. The second-order valence-corrected chi connectivity index (χ2v) is 6.98. The van der Waals surface area contributed by atoms with Crippen molar-refractivity contribution < 1.29 is 14.3 Å². The number of methoxy groups -OCH3 is 1. The molecule has 0 amide bonds. The number of fused-ring (bicyclic) bond motifs is 1. The molecular formula is C21H23NO3. The van der Waals surface area contributed by atoms with Crippen molar-refractivity contribution in [2.75, 3.05) is 20.2 Å². The first-order valence-corrected chi connectivity index (χ1v) is 8.85. The Kier molecular flexibility index (Phi) is 4.22. The average molecular weight is 337 g/mol. The molecule has 2 aliphatic rings. The molecule has 0 atom stereocenters. The maximum atomic E-state index is 12.7. The lowest BCUT2D eigenvalue weighted by molar-refractivity contribution is -0.0110. The van der Waals surface area contributed by atoms with E-state index in [0.29, 0.717) is 23.5 Å². The molecule has 4 nitrogen and oxygen atoms in total. The Morgan fingerprint density at radius 2 is 1.84 bits per heavy atom. The SMILES string of the molecule is COc1cccc2c1C(=O)CC1(CCN(Cc3ccccc3)CC1)O2. The largest absolute Gasteiger partial charge is 0.496 e. The summed E-state index contributed by atoms with van der Waals surface area (Å²) in [4.78, 5) is 15.2. The molecule has 4 rings (SSSR count). The van der Waals surface area contributed by atoms with E-state index in [1.54, 1.807) is 7.11 Å². The fourth-order valence-electron chi connectivity index (χ4n) is 3.93. The molecule has 1 saturated heterocycles. The van der Waals surface area contributed by atoms with E-state index in [9.17, 15) is 4.79 Å². The molecule has 0 aliphatic carbocycles. The molecule has 2 aromatic rings. The molecular weight excluding hydrogens is 314 g/mol. The maximum Gasteiger partial charge on any atom is 0.174 e. The quantitative estimate of drug-likeness (QED) is 0.856. The number of Topliss-reactive ketones (excluding diaryl/α,β-unsaturated/α-hetero) is 1. The highest BCUT2D eigenvalue weighted by Gasteiger charge is 2.43. The molecule has 1 spiro atoms. The van der Waals surface area contributed by atoms with Gasteiger partial charge < -0.3 is 9.47 Å². The predicted molar refractivity (Wildman–Crippen MR) is 96.3 cm³/mol. The van der Waals surface area contributed by atoms with Crippen LogP contribution in [-0.2, 0) is 6.54 Å². The maximum absolute atomic E-state index is 12.7. The Morgan fingerprint density at radius 3 is 2.56 bits per heavy atom. The number of carbonyl (C=O) groups excluding carboxylic acids is 1. The van der Waals surface area contributed by atoms with Gasteiger partial charge in [0, 0.05) is 32.5 Å². The van der Waals surface area contributed by atoms with Gasteiger partial charge in [-0.2, -0.15) is 0 Å². The van der Waals surface area contributed by atoms with Crippen LogP contribution in [0.3, 0.4) is 0 Å². The van der Waals surface area contributed by atoms with Crippen LogP contribution in [0.1, 0.15) is 35.2 Å². The first-order chi connectivity index (χ1) is 12.2. The Balaban J connectivity index is 1.47. The van der Waals surface area contributed by atoms with E-state index in [1.165, 1.54) is 5.56 Å². The van der Waals surface area contributed by atoms with Crippen LogP contribution in [0.25, 0.3) is 0 Å². The highest BCUT2D eigenvalue weighted by atomic mass is 16.5. The first kappa shape index (κ1) is 16.2. The van der Waals surface area contributed by atoms with Gasteiger partial charge in [-0.25, -0.2) is 0 Å². The fraction of sp³-hybridized carbons (Fsp3) is 0.381. The number of hydrogen-bond donors (Lipinski definition) is 0. The van der Waals surface area contributed by atoms with Gasteiger partial charge in [-0.15, -0.1) is 0 Å². The van der Waals surface area contributed by atoms with E-state index in [-0.39, 0.29) is 11.4 Å². The van der Waals surface area contributed by atoms with Crippen LogP contribution in [-0.4, -0.2) is 36.5 Å². The minimum atomic E-state index is -0.358. The van der Waals surface area contributed by atoms with Crippen molar-refractivity contribution in [2.24, 2.45) is 0 Å². The van der Waals surface area contributed by atoms with Crippen molar-refractivity contribution in [2.45, 2.75) is 31.4 Å². The number of ketones is 1. The van der Waals surface area contributed by atoms with Gasteiger partial charge >= 0.3 is 0 Å². The molecule has 0 N–H and O–H groups in total. The van der Waals surface area contributed by atoms with E-state index < -0.39 is 0 Å². The molecule has 1 fully saturated rings. The van der Waals surface area contributed by atoms with E-state index in [4.69, 9.17) is 9.47 Å². The van der Waals surface area contributed by atoms with E-state index in [1.807, 2.05) is 24.3 Å². The lowest BCUT2D eigenvalue weighted by Crippen LogP contribution is -2.50. The number of rotatable bonds is 3. The summed E-state index contributed by atoms with van der Waals surface area (Å²) in [7, 11) is 1.59. The average Bonchev–Trinajstić information content (AvgIpc) is 2.64. The van der Waals surface area contributed by atoms with Gasteiger partial charge in [0.1, 0.15) is 22.7 Å². The summed E-state index contributed by atoms with van der Waals surface area (Å²) in [5, 5.41) is 0. The van der Waals surface area contributed by atoms with Gasteiger partial charge in [0.15, 0.2) is 5.78 Å². The van der Waals surface area contributed by atoms with Crippen molar-refractivity contribution in [1.82, 2.24) is 4.90 Å². The molecule has 2 aromatic carbocycles. The van der Waals surface area contributed by atoms with Crippen LogP contribution in [0.4, 0.5) is 0 Å². The number of ether oxygens (including phenoxy) is 2. The van der Waals surface area contributed by atoms with Gasteiger partial charge in [0.2, 0.25) is 0 Å². The van der Waals surface area contributed by atoms with Crippen molar-refractivity contribution in [3.63, 3.8) is 0 Å². The summed E-state index contributed by atoms with van der Waals surface area (Å²) in [6.45, 7) is 2.85. The Labute approximate surface area is 148 Å². The van der Waals surface area contributed by atoms with E-state index in [2.05, 4.69) is 29.2 Å². The van der Waals surface area contributed by atoms with Gasteiger partial charge in [-0.05, 0) is 17.7 Å². The normalized spacial score (nSPS) is 19.3. The highest BCUT2D eigenvalue weighted by Crippen LogP contribution is 2.42. The molecule has 0 unspecified atom stereocenters. The third-order valence-corrected chi connectivity index (χ3v) is 5.31. The lowest BCUT2D eigenvalue weighted by Gasteiger charge is -2.44. The van der Waals surface area contributed by atoms with Crippen LogP contribution in [0, 0.1) is 0 Å². The molecule has 4 heteroatoms. The Bertz CT molecular complexity index is 764. The number of carbonyl (C=O) groups is 1. The van der Waals surface area contributed by atoms with Gasteiger partial charge in [-0.3, -0.25) is 9.69 Å². The number of piperidine rings is 1. The van der Waals surface area contributed by atoms with Crippen molar-refractivity contribution >= 4 is 5.78 Å². The standard InChI is InChI=1S/C21H23NO3/c1-24-18-8-5-9-19-20(18)17(23)14-21(25-19)10-12-22(13-11-21)15-16-6-3-2-4-7-16/h2-9H,10-15H2,1H3. The second-order valence-electron chi connectivity index (χ2n) is 6.98. The van der Waals surface area contributed by atoms with Gasteiger partial charge in [-0.1, -0.05) is 36.4 Å². The third kappa shape index (κ3) is 3.14. The fourth-order valence-corrected chi connectivity index (χ4v) is 3.93. The van der Waals surface area contributed by atoms with E-state index in [0.717, 1.165) is 32.5 Å². The van der Waals surface area contributed by atoms with E-state index >= 15 is 0 Å². The number of likely N-dealkylation sites (tertiary alicyclic amines) is 1. The summed E-state index contributed by atoms with van der Waals surface area (Å²) in [5.41, 5.74) is 1.57. The van der Waals surface area contributed by atoms with Crippen LogP contribution in [0.15, 0.2) is 48.5 Å². The minimum absolute atomic E-state index is 0.134. The zero-order valence-corrected chi connectivity index (χ0v) is 14.5. The van der Waals surface area contributed by atoms with Crippen LogP contribution in [0.2, 0.25) is 0 Å². The molecule has 0 bridgehead atoms. The summed E-state index contributed by atoms with van der Waals surface area (Å²) in [5.74, 6) is 1.42. The molecule has 0 radical (unpaired) electrons. The summed E-state index contributed by atoms with van der Waals surface area (Å²) >= 11 is 0. The lowest BCUT2D eigenvalue weighted by atomic mass is 9.82. The zero-order valence-electron chi connectivity index (χ0n) is 14.5. The van der Waals surface area contributed by atoms with Crippen molar-refractivity contribution in [3.8, 4) is 11.5 Å². The number of benzene rings is 2. The molecule has 25 heavy (non-hydrogen) atoms. The Morgan fingerprint density at radius 1 is 1.08 bits per heavy atom. The topological polar surface area (TPSA) is 38.8 Å². The number of nitrogens with zero attached hydrogens (tertiary/aromatic N) is 1. The van der Waals surface area contributed by atoms with Crippen molar-refractivity contribution in [1.29, 1.82) is 0 Å². The van der Waals surface area contributed by atoms with Crippen LogP contribution < -0.4 is 9.47 Å². The van der Waals surface area contributed by atoms with Crippen molar-refractivity contribution in [3.05, 3.63) is 59.7 Å².